The van der Waals surface area contributed by atoms with Crippen molar-refractivity contribution in [2.75, 3.05) is 18.4 Å². The first-order valence-corrected chi connectivity index (χ1v) is 8.38. The molecular formula is C18H20F4N4. The number of aromatic nitrogens is 2. The van der Waals surface area contributed by atoms with Crippen molar-refractivity contribution in [1.29, 1.82) is 0 Å². The van der Waals surface area contributed by atoms with Gasteiger partial charge in [-0.25, -0.2) is 14.4 Å². The van der Waals surface area contributed by atoms with Gasteiger partial charge in [0.25, 0.3) is 0 Å². The van der Waals surface area contributed by atoms with Gasteiger partial charge in [0, 0.05) is 29.4 Å². The maximum atomic E-state index is 14.2. The predicted octanol–water partition coefficient (Wildman–Crippen LogP) is 4.16. The van der Waals surface area contributed by atoms with Crippen LogP contribution in [0, 0.1) is 12.7 Å². The molecule has 2 aromatic rings. The second-order valence-electron chi connectivity index (χ2n) is 6.83. The third-order valence-corrected chi connectivity index (χ3v) is 4.66. The van der Waals surface area contributed by atoms with E-state index in [9.17, 15) is 17.6 Å². The summed E-state index contributed by atoms with van der Waals surface area (Å²) in [6, 6.07) is 2.46. The SMILES string of the molecule is Cc1nc(NCC2(C)CCCN2)ncc1-c1ccc(C(F)(F)F)cc1F. The first-order chi connectivity index (χ1) is 12.2. The van der Waals surface area contributed by atoms with Crippen LogP contribution < -0.4 is 10.6 Å². The van der Waals surface area contributed by atoms with Gasteiger partial charge >= 0.3 is 6.18 Å². The Morgan fingerprint density at radius 2 is 2.04 bits per heavy atom. The average Bonchev–Trinajstić information content (AvgIpc) is 3.00. The molecule has 0 spiro atoms. The Bertz CT molecular complexity index is 798. The average molecular weight is 368 g/mol. The Hall–Kier alpha value is -2.22. The fourth-order valence-electron chi connectivity index (χ4n) is 3.11. The van der Waals surface area contributed by atoms with Crippen LogP contribution in [-0.2, 0) is 6.18 Å². The van der Waals surface area contributed by atoms with Gasteiger partial charge in [-0.05, 0) is 45.4 Å². The van der Waals surface area contributed by atoms with E-state index in [2.05, 4.69) is 27.5 Å². The van der Waals surface area contributed by atoms with Crippen LogP contribution in [0.5, 0.6) is 0 Å². The van der Waals surface area contributed by atoms with Crippen molar-refractivity contribution < 1.29 is 17.6 Å². The highest BCUT2D eigenvalue weighted by molar-refractivity contribution is 5.66. The number of alkyl halides is 3. The number of benzene rings is 1. The Labute approximate surface area is 149 Å². The van der Waals surface area contributed by atoms with E-state index in [0.717, 1.165) is 31.5 Å². The minimum atomic E-state index is -4.58. The molecule has 1 saturated heterocycles. The molecule has 1 unspecified atom stereocenters. The zero-order valence-electron chi connectivity index (χ0n) is 14.5. The summed E-state index contributed by atoms with van der Waals surface area (Å²) in [5.41, 5.74) is -0.132. The first-order valence-electron chi connectivity index (χ1n) is 8.38. The summed E-state index contributed by atoms with van der Waals surface area (Å²) in [7, 11) is 0. The second-order valence-corrected chi connectivity index (χ2v) is 6.83. The number of hydrogen-bond acceptors (Lipinski definition) is 4. The van der Waals surface area contributed by atoms with Gasteiger partial charge in [-0.1, -0.05) is 6.07 Å². The van der Waals surface area contributed by atoms with Gasteiger partial charge < -0.3 is 10.6 Å². The fourth-order valence-corrected chi connectivity index (χ4v) is 3.11. The van der Waals surface area contributed by atoms with Crippen molar-refractivity contribution in [3.05, 3.63) is 41.5 Å². The fraction of sp³-hybridized carbons (Fsp3) is 0.444. The molecule has 1 aromatic heterocycles. The largest absolute Gasteiger partial charge is 0.416 e. The van der Waals surface area contributed by atoms with E-state index in [1.54, 1.807) is 6.92 Å². The van der Waals surface area contributed by atoms with E-state index >= 15 is 0 Å². The summed E-state index contributed by atoms with van der Waals surface area (Å²) in [4.78, 5) is 8.50. The molecule has 3 rings (SSSR count). The Kier molecular flexibility index (Phi) is 4.88. The van der Waals surface area contributed by atoms with E-state index in [0.29, 0.717) is 29.8 Å². The van der Waals surface area contributed by atoms with Crippen molar-refractivity contribution >= 4 is 5.95 Å². The molecule has 1 fully saturated rings. The Balaban J connectivity index is 1.79. The topological polar surface area (TPSA) is 49.8 Å². The maximum Gasteiger partial charge on any atom is 0.416 e. The number of hydrogen-bond donors (Lipinski definition) is 2. The van der Waals surface area contributed by atoms with E-state index in [4.69, 9.17) is 0 Å². The normalized spacial score (nSPS) is 20.4. The van der Waals surface area contributed by atoms with Crippen LogP contribution in [0.3, 0.4) is 0 Å². The standard InChI is InChI=1S/C18H20F4N4/c1-11-14(13-5-4-12(8-15(13)19)18(20,21)22)9-23-16(26-11)24-10-17(2)6-3-7-25-17/h4-5,8-9,25H,3,6-7,10H2,1-2H3,(H,23,24,26). The van der Waals surface area contributed by atoms with Crippen LogP contribution in [0.1, 0.15) is 31.0 Å². The van der Waals surface area contributed by atoms with Crippen LogP contribution in [-0.4, -0.2) is 28.6 Å². The van der Waals surface area contributed by atoms with Gasteiger partial charge in [-0.2, -0.15) is 13.2 Å². The minimum absolute atomic E-state index is 0.0184. The van der Waals surface area contributed by atoms with Crippen molar-refractivity contribution in [3.8, 4) is 11.1 Å². The smallest absolute Gasteiger partial charge is 0.352 e. The lowest BCUT2D eigenvalue weighted by molar-refractivity contribution is -0.137. The molecule has 0 radical (unpaired) electrons. The van der Waals surface area contributed by atoms with Gasteiger partial charge in [0.15, 0.2) is 0 Å². The van der Waals surface area contributed by atoms with E-state index < -0.39 is 17.6 Å². The second kappa shape index (κ2) is 6.83. The number of halogens is 4. The molecule has 2 N–H and O–H groups in total. The predicted molar refractivity (Wildman–Crippen MR) is 91.3 cm³/mol. The van der Waals surface area contributed by atoms with Crippen LogP contribution in [0.2, 0.25) is 0 Å². The summed E-state index contributed by atoms with van der Waals surface area (Å²) in [5.74, 6) is -0.539. The highest BCUT2D eigenvalue weighted by atomic mass is 19.4. The third-order valence-electron chi connectivity index (χ3n) is 4.66. The molecule has 26 heavy (non-hydrogen) atoms. The van der Waals surface area contributed by atoms with Gasteiger partial charge in [0.05, 0.1) is 11.3 Å². The number of nitrogens with zero attached hydrogens (tertiary/aromatic N) is 2. The van der Waals surface area contributed by atoms with Crippen LogP contribution in [0.4, 0.5) is 23.5 Å². The highest BCUT2D eigenvalue weighted by Gasteiger charge is 2.31. The molecule has 0 amide bonds. The van der Waals surface area contributed by atoms with Gasteiger partial charge in [0.1, 0.15) is 5.82 Å². The molecule has 1 aliphatic rings. The van der Waals surface area contributed by atoms with Crippen molar-refractivity contribution in [3.63, 3.8) is 0 Å². The third kappa shape index (κ3) is 3.95. The summed E-state index contributed by atoms with van der Waals surface area (Å²) in [6.45, 7) is 5.42. The Morgan fingerprint density at radius 3 is 2.62 bits per heavy atom. The molecule has 0 bridgehead atoms. The summed E-state index contributed by atoms with van der Waals surface area (Å²) in [6.07, 6.45) is -0.984. The van der Waals surface area contributed by atoms with Crippen LogP contribution in [0.15, 0.2) is 24.4 Å². The summed E-state index contributed by atoms with van der Waals surface area (Å²) >= 11 is 0. The molecule has 140 valence electrons. The van der Waals surface area contributed by atoms with Crippen LogP contribution in [0.25, 0.3) is 11.1 Å². The summed E-state index contributed by atoms with van der Waals surface area (Å²) < 4.78 is 52.2. The van der Waals surface area contributed by atoms with E-state index in [-0.39, 0.29) is 11.1 Å². The molecule has 0 aliphatic carbocycles. The molecule has 4 nitrogen and oxygen atoms in total. The van der Waals surface area contributed by atoms with Gasteiger partial charge in [0.2, 0.25) is 5.95 Å². The number of rotatable bonds is 4. The van der Waals surface area contributed by atoms with E-state index in [1.807, 2.05) is 0 Å². The molecule has 1 aliphatic heterocycles. The van der Waals surface area contributed by atoms with Crippen molar-refractivity contribution in [2.24, 2.45) is 0 Å². The number of anilines is 1. The summed E-state index contributed by atoms with van der Waals surface area (Å²) in [5, 5.41) is 6.58. The molecule has 1 atom stereocenters. The first kappa shape index (κ1) is 18.6. The lowest BCUT2D eigenvalue weighted by atomic mass is 10.0. The zero-order chi connectivity index (χ0) is 18.9. The van der Waals surface area contributed by atoms with Gasteiger partial charge in [-0.15, -0.1) is 0 Å². The minimum Gasteiger partial charge on any atom is -0.352 e. The quantitative estimate of drug-likeness (QED) is 0.796. The van der Waals surface area contributed by atoms with Crippen LogP contribution >= 0.6 is 0 Å². The molecule has 2 heterocycles. The van der Waals surface area contributed by atoms with Crippen molar-refractivity contribution in [1.82, 2.24) is 15.3 Å². The monoisotopic (exact) mass is 368 g/mol. The molecule has 8 heteroatoms. The number of aryl methyl sites for hydroxylation is 1. The highest BCUT2D eigenvalue weighted by Crippen LogP contribution is 2.33. The lowest BCUT2D eigenvalue weighted by Crippen LogP contribution is -2.43. The number of nitrogens with one attached hydrogen (secondary N) is 2. The molecular weight excluding hydrogens is 348 g/mol. The zero-order valence-corrected chi connectivity index (χ0v) is 14.5. The molecule has 0 saturated carbocycles. The Morgan fingerprint density at radius 1 is 1.27 bits per heavy atom. The maximum absolute atomic E-state index is 14.2. The van der Waals surface area contributed by atoms with E-state index in [1.165, 1.54) is 6.20 Å². The van der Waals surface area contributed by atoms with Crippen molar-refractivity contribution in [2.45, 2.75) is 38.4 Å². The van der Waals surface area contributed by atoms with Gasteiger partial charge in [-0.3, -0.25) is 0 Å². The molecule has 1 aromatic carbocycles. The lowest BCUT2D eigenvalue weighted by Gasteiger charge is -2.24.